The molecule has 1 aromatic carbocycles. The largest absolute Gasteiger partial charge is 0.392 e. The fraction of sp³-hybridized carbons (Fsp3) is 0.529. The first-order chi connectivity index (χ1) is 11.6. The molecule has 0 aliphatic carbocycles. The Morgan fingerprint density at radius 1 is 1.29 bits per heavy atom. The second-order valence-electron chi connectivity index (χ2n) is 6.83. The van der Waals surface area contributed by atoms with Gasteiger partial charge in [-0.2, -0.15) is 0 Å². The van der Waals surface area contributed by atoms with Crippen molar-refractivity contribution in [2.45, 2.75) is 38.2 Å². The van der Waals surface area contributed by atoms with Crippen molar-refractivity contribution < 1.29 is 9.50 Å². The standard InChI is InChI=1S/C17H22FN5O/c1-21-5-6-23-16(11-21)19-20-17(23)15-8-14(24)10-22(15)9-12-3-2-4-13(18)7-12/h2-4,7,14-15,24H,5-6,8-11H2,1H3/t14-,15-/m0/s1. The number of rotatable bonds is 3. The fourth-order valence-electron chi connectivity index (χ4n) is 3.74. The minimum Gasteiger partial charge on any atom is -0.392 e. The Labute approximate surface area is 140 Å². The van der Waals surface area contributed by atoms with E-state index >= 15 is 0 Å². The lowest BCUT2D eigenvalue weighted by Crippen LogP contribution is -2.33. The van der Waals surface area contributed by atoms with Gasteiger partial charge < -0.3 is 9.67 Å². The summed E-state index contributed by atoms with van der Waals surface area (Å²) >= 11 is 0. The van der Waals surface area contributed by atoms with Crippen molar-refractivity contribution in [2.75, 3.05) is 20.1 Å². The van der Waals surface area contributed by atoms with Gasteiger partial charge in [0, 0.05) is 26.2 Å². The molecule has 7 heteroatoms. The topological polar surface area (TPSA) is 57.4 Å². The Kier molecular flexibility index (Phi) is 4.07. The predicted molar refractivity (Wildman–Crippen MR) is 86.5 cm³/mol. The van der Waals surface area contributed by atoms with E-state index in [0.717, 1.165) is 36.8 Å². The van der Waals surface area contributed by atoms with Gasteiger partial charge in [-0.1, -0.05) is 12.1 Å². The van der Waals surface area contributed by atoms with Crippen LogP contribution in [0.5, 0.6) is 0 Å². The van der Waals surface area contributed by atoms with Crippen LogP contribution in [0.15, 0.2) is 24.3 Å². The van der Waals surface area contributed by atoms with Gasteiger partial charge in [0.05, 0.1) is 18.7 Å². The quantitative estimate of drug-likeness (QED) is 0.915. The van der Waals surface area contributed by atoms with Crippen molar-refractivity contribution in [1.82, 2.24) is 24.6 Å². The zero-order valence-electron chi connectivity index (χ0n) is 13.8. The lowest BCUT2D eigenvalue weighted by Gasteiger charge is -2.27. The third-order valence-corrected chi connectivity index (χ3v) is 4.93. The van der Waals surface area contributed by atoms with Crippen molar-refractivity contribution >= 4 is 0 Å². The molecule has 6 nitrogen and oxygen atoms in total. The van der Waals surface area contributed by atoms with E-state index in [-0.39, 0.29) is 18.0 Å². The molecule has 2 aliphatic rings. The molecule has 2 atom stereocenters. The van der Waals surface area contributed by atoms with Crippen LogP contribution in [-0.4, -0.2) is 55.9 Å². The van der Waals surface area contributed by atoms with Crippen LogP contribution in [0.1, 0.15) is 29.7 Å². The summed E-state index contributed by atoms with van der Waals surface area (Å²) in [5.41, 5.74) is 0.909. The third kappa shape index (κ3) is 2.94. The van der Waals surface area contributed by atoms with Gasteiger partial charge in [-0.15, -0.1) is 10.2 Å². The highest BCUT2D eigenvalue weighted by molar-refractivity contribution is 5.17. The molecule has 0 spiro atoms. The molecule has 0 bridgehead atoms. The summed E-state index contributed by atoms with van der Waals surface area (Å²) in [6.07, 6.45) is 0.256. The first-order valence-corrected chi connectivity index (χ1v) is 8.37. The SMILES string of the molecule is CN1CCn2c(nnc2[C@@H]2C[C@H](O)CN2Cc2cccc(F)c2)C1. The van der Waals surface area contributed by atoms with Crippen LogP contribution in [0, 0.1) is 5.82 Å². The van der Waals surface area contributed by atoms with E-state index in [9.17, 15) is 9.50 Å². The van der Waals surface area contributed by atoms with E-state index in [1.165, 1.54) is 6.07 Å². The molecule has 0 saturated carbocycles. The van der Waals surface area contributed by atoms with Crippen LogP contribution < -0.4 is 0 Å². The van der Waals surface area contributed by atoms with E-state index in [0.29, 0.717) is 19.5 Å². The Hall–Kier alpha value is -1.83. The molecule has 1 aromatic heterocycles. The zero-order chi connectivity index (χ0) is 16.7. The van der Waals surface area contributed by atoms with Gasteiger partial charge in [0.2, 0.25) is 0 Å². The fourth-order valence-corrected chi connectivity index (χ4v) is 3.74. The van der Waals surface area contributed by atoms with Gasteiger partial charge >= 0.3 is 0 Å². The number of benzene rings is 1. The van der Waals surface area contributed by atoms with Gasteiger partial charge in [-0.25, -0.2) is 4.39 Å². The summed E-state index contributed by atoms with van der Waals surface area (Å²) in [6.45, 7) is 3.81. The number of aromatic nitrogens is 3. The summed E-state index contributed by atoms with van der Waals surface area (Å²) in [6, 6.07) is 6.66. The number of nitrogens with zero attached hydrogens (tertiary/aromatic N) is 5. The molecule has 2 aliphatic heterocycles. The second kappa shape index (κ2) is 6.23. The first-order valence-electron chi connectivity index (χ1n) is 8.37. The molecular formula is C17H22FN5O. The second-order valence-corrected chi connectivity index (χ2v) is 6.83. The average Bonchev–Trinajstić information content (AvgIpc) is 3.10. The summed E-state index contributed by atoms with van der Waals surface area (Å²) < 4.78 is 15.6. The molecular weight excluding hydrogens is 309 g/mol. The Balaban J connectivity index is 1.59. The monoisotopic (exact) mass is 331 g/mol. The van der Waals surface area contributed by atoms with Crippen LogP contribution in [0.4, 0.5) is 4.39 Å². The number of likely N-dealkylation sites (tertiary alicyclic amines) is 1. The van der Waals surface area contributed by atoms with Crippen LogP contribution in [0.25, 0.3) is 0 Å². The van der Waals surface area contributed by atoms with Crippen molar-refractivity contribution in [3.05, 3.63) is 47.3 Å². The maximum Gasteiger partial charge on any atom is 0.150 e. The third-order valence-electron chi connectivity index (χ3n) is 4.93. The van der Waals surface area contributed by atoms with Gasteiger partial charge in [0.15, 0.2) is 5.82 Å². The Morgan fingerprint density at radius 2 is 2.17 bits per heavy atom. The lowest BCUT2D eigenvalue weighted by atomic mass is 10.1. The number of fused-ring (bicyclic) bond motifs is 1. The molecule has 0 amide bonds. The predicted octanol–water partition coefficient (Wildman–Crippen LogP) is 1.17. The Morgan fingerprint density at radius 3 is 3.00 bits per heavy atom. The number of halogens is 1. The zero-order valence-corrected chi connectivity index (χ0v) is 13.8. The minimum absolute atomic E-state index is 0.0212. The van der Waals surface area contributed by atoms with Crippen molar-refractivity contribution in [1.29, 1.82) is 0 Å². The maximum absolute atomic E-state index is 13.5. The number of hydrogen-bond donors (Lipinski definition) is 1. The number of likely N-dealkylation sites (N-methyl/N-ethyl adjacent to an activating group) is 1. The summed E-state index contributed by atoms with van der Waals surface area (Å²) in [4.78, 5) is 4.40. The molecule has 1 fully saturated rings. The number of β-amino-alcohol motifs (C(OH)–C–C–N with tert-alkyl or cyclic N) is 1. The summed E-state index contributed by atoms with van der Waals surface area (Å²) in [5, 5.41) is 18.9. The summed E-state index contributed by atoms with van der Waals surface area (Å²) in [7, 11) is 2.08. The van der Waals surface area contributed by atoms with Crippen LogP contribution >= 0.6 is 0 Å². The van der Waals surface area contributed by atoms with E-state index in [1.54, 1.807) is 12.1 Å². The van der Waals surface area contributed by atoms with Crippen LogP contribution in [-0.2, 0) is 19.6 Å². The van der Waals surface area contributed by atoms with E-state index < -0.39 is 0 Å². The summed E-state index contributed by atoms with van der Waals surface area (Å²) in [5.74, 6) is 1.67. The molecule has 128 valence electrons. The van der Waals surface area contributed by atoms with E-state index in [4.69, 9.17) is 0 Å². The van der Waals surface area contributed by atoms with Crippen molar-refractivity contribution in [2.24, 2.45) is 0 Å². The molecule has 0 unspecified atom stereocenters. The molecule has 24 heavy (non-hydrogen) atoms. The number of aliphatic hydroxyl groups is 1. The Bertz CT molecular complexity index is 734. The van der Waals surface area contributed by atoms with Gasteiger partial charge in [-0.3, -0.25) is 9.80 Å². The van der Waals surface area contributed by atoms with E-state index in [2.05, 4.69) is 31.6 Å². The van der Waals surface area contributed by atoms with E-state index in [1.807, 2.05) is 6.07 Å². The average molecular weight is 331 g/mol. The lowest BCUT2D eigenvalue weighted by molar-refractivity contribution is 0.171. The first kappa shape index (κ1) is 15.7. The van der Waals surface area contributed by atoms with Gasteiger partial charge in [0.25, 0.3) is 0 Å². The van der Waals surface area contributed by atoms with Gasteiger partial charge in [-0.05, 0) is 31.2 Å². The molecule has 1 saturated heterocycles. The highest BCUT2D eigenvalue weighted by atomic mass is 19.1. The normalized spacial score (nSPS) is 25.1. The molecule has 2 aromatic rings. The molecule has 0 radical (unpaired) electrons. The highest BCUT2D eigenvalue weighted by Crippen LogP contribution is 2.33. The smallest absolute Gasteiger partial charge is 0.150 e. The van der Waals surface area contributed by atoms with Gasteiger partial charge in [0.1, 0.15) is 11.6 Å². The number of aliphatic hydroxyl groups excluding tert-OH is 1. The minimum atomic E-state index is -0.386. The number of hydrogen-bond acceptors (Lipinski definition) is 5. The highest BCUT2D eigenvalue weighted by Gasteiger charge is 2.36. The maximum atomic E-state index is 13.5. The molecule has 1 N–H and O–H groups in total. The van der Waals surface area contributed by atoms with Crippen molar-refractivity contribution in [3.63, 3.8) is 0 Å². The van der Waals surface area contributed by atoms with Crippen LogP contribution in [0.3, 0.4) is 0 Å². The van der Waals surface area contributed by atoms with Crippen LogP contribution in [0.2, 0.25) is 0 Å². The molecule has 3 heterocycles. The van der Waals surface area contributed by atoms with Crippen molar-refractivity contribution in [3.8, 4) is 0 Å². The molecule has 4 rings (SSSR count).